The van der Waals surface area contributed by atoms with Crippen molar-refractivity contribution in [3.8, 4) is 11.5 Å². The molecule has 2 atom stereocenters. The molecule has 0 aliphatic carbocycles. The molecule has 3 rings (SSSR count). The van der Waals surface area contributed by atoms with Crippen LogP contribution in [0.3, 0.4) is 0 Å². The molecule has 0 aliphatic heterocycles. The molecule has 202 valence electrons. The van der Waals surface area contributed by atoms with Crippen LogP contribution in [-0.4, -0.2) is 53.5 Å². The summed E-state index contributed by atoms with van der Waals surface area (Å²) in [6, 6.07) is 5.79. The summed E-state index contributed by atoms with van der Waals surface area (Å²) in [5, 5.41) is 5.96. The van der Waals surface area contributed by atoms with Crippen molar-refractivity contribution < 1.29 is 22.6 Å². The molecule has 0 aliphatic rings. The number of pyridine rings is 1. The maximum Gasteiger partial charge on any atom is 0.403 e. The van der Waals surface area contributed by atoms with Gasteiger partial charge in [-0.05, 0) is 43.5 Å². The number of hydrogen-bond acceptors (Lipinski definition) is 8. The highest BCUT2D eigenvalue weighted by molar-refractivity contribution is 5.89. The lowest BCUT2D eigenvalue weighted by atomic mass is 9.94. The van der Waals surface area contributed by atoms with Gasteiger partial charge in [-0.15, -0.1) is 0 Å². The van der Waals surface area contributed by atoms with Crippen molar-refractivity contribution in [2.24, 2.45) is 0 Å². The zero-order valence-corrected chi connectivity index (χ0v) is 21.9. The quantitative estimate of drug-likeness (QED) is 0.302. The third-order valence-corrected chi connectivity index (χ3v) is 6.35. The summed E-state index contributed by atoms with van der Waals surface area (Å²) in [5.74, 6) is 1.77. The fourth-order valence-electron chi connectivity index (χ4n) is 4.07. The molecule has 0 radical (unpaired) electrons. The van der Waals surface area contributed by atoms with Crippen molar-refractivity contribution in [1.82, 2.24) is 20.3 Å². The smallest absolute Gasteiger partial charge is 0.403 e. The Labute approximate surface area is 215 Å². The minimum Gasteiger partial charge on any atom is -0.497 e. The van der Waals surface area contributed by atoms with E-state index in [1.54, 1.807) is 20.4 Å². The van der Waals surface area contributed by atoms with Crippen molar-refractivity contribution in [2.75, 3.05) is 31.8 Å². The van der Waals surface area contributed by atoms with E-state index in [9.17, 15) is 13.2 Å². The van der Waals surface area contributed by atoms with Crippen LogP contribution in [0.25, 0.3) is 11.0 Å². The molecule has 37 heavy (non-hydrogen) atoms. The summed E-state index contributed by atoms with van der Waals surface area (Å²) < 4.78 is 50.2. The number of ether oxygens (including phenoxy) is 2. The number of unbranched alkanes of at least 4 members (excludes halogenated alkanes) is 1. The van der Waals surface area contributed by atoms with E-state index in [0.29, 0.717) is 41.2 Å². The number of rotatable bonds is 12. The first-order chi connectivity index (χ1) is 17.5. The summed E-state index contributed by atoms with van der Waals surface area (Å²) in [6.45, 7) is 5.09. The number of benzene rings is 1. The molecule has 0 unspecified atom stereocenters. The minimum absolute atomic E-state index is 0.0420. The molecule has 0 amide bonds. The SMILES string of the molecule is CCCC[C@](C)(CN[C@@H](C)C(F)(F)F)Nc1nc(N)nc2c(Cc3ccc(OC)cc3OC)ccnc12. The van der Waals surface area contributed by atoms with Gasteiger partial charge in [-0.25, -0.2) is 4.98 Å². The molecule has 8 nitrogen and oxygen atoms in total. The number of halogens is 3. The molecule has 0 saturated heterocycles. The summed E-state index contributed by atoms with van der Waals surface area (Å²) >= 11 is 0. The number of fused-ring (bicyclic) bond motifs is 1. The molecule has 3 aromatic rings. The molecule has 0 saturated carbocycles. The van der Waals surface area contributed by atoms with Crippen LogP contribution in [0.5, 0.6) is 11.5 Å². The van der Waals surface area contributed by atoms with E-state index in [0.717, 1.165) is 30.9 Å². The van der Waals surface area contributed by atoms with Crippen molar-refractivity contribution >= 4 is 22.8 Å². The van der Waals surface area contributed by atoms with Gasteiger partial charge in [0.25, 0.3) is 0 Å². The van der Waals surface area contributed by atoms with Gasteiger partial charge >= 0.3 is 6.18 Å². The highest BCUT2D eigenvalue weighted by Crippen LogP contribution is 2.31. The van der Waals surface area contributed by atoms with Crippen molar-refractivity contribution in [3.63, 3.8) is 0 Å². The lowest BCUT2D eigenvalue weighted by Gasteiger charge is -2.34. The van der Waals surface area contributed by atoms with E-state index >= 15 is 0 Å². The van der Waals surface area contributed by atoms with Gasteiger partial charge in [0.15, 0.2) is 5.82 Å². The lowest BCUT2D eigenvalue weighted by molar-refractivity contribution is -0.151. The third-order valence-electron chi connectivity index (χ3n) is 6.35. The molecule has 0 fully saturated rings. The van der Waals surface area contributed by atoms with Gasteiger partial charge in [-0.2, -0.15) is 18.2 Å². The number of anilines is 2. The predicted octanol–water partition coefficient (Wildman–Crippen LogP) is 5.12. The molecule has 0 bridgehead atoms. The standard InChI is InChI=1S/C26H35F3N6O2/c1-6-7-11-25(3,15-32-16(2)26(27,28)29)35-23-22-21(33-24(30)34-23)18(10-12-31-22)13-17-8-9-19(36-4)14-20(17)37-5/h8-10,12,14,16,32H,6-7,11,13,15H2,1-5H3,(H3,30,33,34,35)/t16-,25+/m0/s1. The molecule has 1 aromatic carbocycles. The Morgan fingerprint density at radius 3 is 2.46 bits per heavy atom. The van der Waals surface area contributed by atoms with Crippen LogP contribution in [0.15, 0.2) is 30.5 Å². The van der Waals surface area contributed by atoms with Crippen LogP contribution in [0.1, 0.15) is 51.2 Å². The zero-order valence-electron chi connectivity index (χ0n) is 21.9. The Kier molecular flexibility index (Phi) is 9.01. The number of nitrogen functional groups attached to an aromatic ring is 1. The molecule has 2 heterocycles. The van der Waals surface area contributed by atoms with Crippen LogP contribution in [0, 0.1) is 0 Å². The molecule has 0 spiro atoms. The summed E-state index contributed by atoms with van der Waals surface area (Å²) in [7, 11) is 3.18. The van der Waals surface area contributed by atoms with Crippen LogP contribution in [-0.2, 0) is 6.42 Å². The van der Waals surface area contributed by atoms with Crippen LogP contribution in [0.4, 0.5) is 24.9 Å². The second-order valence-electron chi connectivity index (χ2n) is 9.39. The van der Waals surface area contributed by atoms with E-state index in [1.165, 1.54) is 0 Å². The van der Waals surface area contributed by atoms with Crippen LogP contribution >= 0.6 is 0 Å². The first-order valence-electron chi connectivity index (χ1n) is 12.2. The number of nitrogens with two attached hydrogens (primary N) is 1. The second-order valence-corrected chi connectivity index (χ2v) is 9.39. The highest BCUT2D eigenvalue weighted by Gasteiger charge is 2.37. The van der Waals surface area contributed by atoms with Crippen LogP contribution in [0.2, 0.25) is 0 Å². The van der Waals surface area contributed by atoms with Crippen molar-refractivity contribution in [1.29, 1.82) is 0 Å². The Balaban J connectivity index is 1.97. The second kappa shape index (κ2) is 11.8. The van der Waals surface area contributed by atoms with Crippen molar-refractivity contribution in [2.45, 2.75) is 64.2 Å². The number of hydrogen-bond donors (Lipinski definition) is 3. The van der Waals surface area contributed by atoms with Gasteiger partial charge in [0.1, 0.15) is 28.6 Å². The lowest BCUT2D eigenvalue weighted by Crippen LogP contribution is -2.50. The van der Waals surface area contributed by atoms with Gasteiger partial charge in [-0.1, -0.05) is 25.8 Å². The first-order valence-corrected chi connectivity index (χ1v) is 12.2. The average molecular weight is 521 g/mol. The Morgan fingerprint density at radius 1 is 1.05 bits per heavy atom. The predicted molar refractivity (Wildman–Crippen MR) is 139 cm³/mol. The monoisotopic (exact) mass is 520 g/mol. The van der Waals surface area contributed by atoms with Gasteiger partial charge in [-0.3, -0.25) is 4.98 Å². The van der Waals surface area contributed by atoms with E-state index in [-0.39, 0.29) is 12.5 Å². The highest BCUT2D eigenvalue weighted by atomic mass is 19.4. The van der Waals surface area contributed by atoms with Gasteiger partial charge in [0.05, 0.1) is 14.2 Å². The Hall–Kier alpha value is -3.34. The average Bonchev–Trinajstić information content (AvgIpc) is 2.86. The van der Waals surface area contributed by atoms with Gasteiger partial charge < -0.3 is 25.8 Å². The number of aromatic nitrogens is 3. The zero-order chi connectivity index (χ0) is 27.2. The van der Waals surface area contributed by atoms with Gasteiger partial charge in [0, 0.05) is 30.8 Å². The van der Waals surface area contributed by atoms with E-state index in [2.05, 4.69) is 25.6 Å². The third kappa shape index (κ3) is 7.12. The normalized spacial score (nSPS) is 14.3. The fraction of sp³-hybridized carbons (Fsp3) is 0.500. The van der Waals surface area contributed by atoms with E-state index in [1.807, 2.05) is 38.1 Å². The maximum atomic E-state index is 13.1. The van der Waals surface area contributed by atoms with Gasteiger partial charge in [0.2, 0.25) is 5.95 Å². The summed E-state index contributed by atoms with van der Waals surface area (Å²) in [6.07, 6.45) is 0.141. The largest absolute Gasteiger partial charge is 0.497 e. The topological polar surface area (TPSA) is 107 Å². The number of methoxy groups -OCH3 is 2. The molecule has 2 aromatic heterocycles. The van der Waals surface area contributed by atoms with Crippen LogP contribution < -0.4 is 25.8 Å². The van der Waals surface area contributed by atoms with E-state index < -0.39 is 17.8 Å². The summed E-state index contributed by atoms with van der Waals surface area (Å²) in [5.41, 5.74) is 8.17. The maximum absolute atomic E-state index is 13.1. The molecular weight excluding hydrogens is 485 g/mol. The number of alkyl halides is 3. The molecule has 4 N–H and O–H groups in total. The fourth-order valence-corrected chi connectivity index (χ4v) is 4.07. The Morgan fingerprint density at radius 2 is 1.81 bits per heavy atom. The summed E-state index contributed by atoms with van der Waals surface area (Å²) in [4.78, 5) is 13.3. The number of nitrogens with one attached hydrogen (secondary N) is 2. The minimum atomic E-state index is -4.34. The Bertz CT molecular complexity index is 1210. The van der Waals surface area contributed by atoms with E-state index in [4.69, 9.17) is 15.2 Å². The van der Waals surface area contributed by atoms with Crippen molar-refractivity contribution in [3.05, 3.63) is 41.6 Å². The molecule has 11 heteroatoms. The molecular formula is C26H35F3N6O2. The first kappa shape index (κ1) is 28.2. The number of nitrogens with zero attached hydrogens (tertiary/aromatic N) is 3.